The van der Waals surface area contributed by atoms with E-state index in [1.807, 2.05) is 12.3 Å². The van der Waals surface area contributed by atoms with Gasteiger partial charge >= 0.3 is 0 Å². The van der Waals surface area contributed by atoms with Gasteiger partial charge in [-0.2, -0.15) is 0 Å². The Hall–Kier alpha value is -1.30. The van der Waals surface area contributed by atoms with Gasteiger partial charge in [0.25, 0.3) is 0 Å². The molecule has 0 saturated carbocycles. The minimum absolute atomic E-state index is 0.0565. The number of nitrogens with one attached hydrogen (secondary N) is 1. The number of hydrogen-bond donors (Lipinski definition) is 2. The van der Waals surface area contributed by atoms with Gasteiger partial charge in [-0.15, -0.1) is 11.3 Å². The van der Waals surface area contributed by atoms with Crippen LogP contribution in [0.15, 0.2) is 29.6 Å². The van der Waals surface area contributed by atoms with E-state index >= 15 is 0 Å². The second-order valence-electron chi connectivity index (χ2n) is 4.12. The maximum atomic E-state index is 12.8. The van der Waals surface area contributed by atoms with Gasteiger partial charge in [-0.25, -0.2) is 9.37 Å². The third-order valence-electron chi connectivity index (χ3n) is 2.55. The van der Waals surface area contributed by atoms with Crippen LogP contribution in [0, 0.1) is 5.82 Å². The van der Waals surface area contributed by atoms with Crippen LogP contribution in [0.5, 0.6) is 0 Å². The topological polar surface area (TPSA) is 45.1 Å². The molecule has 0 aliphatic rings. The van der Waals surface area contributed by atoms with Crippen molar-refractivity contribution < 1.29 is 9.50 Å². The highest BCUT2D eigenvalue weighted by molar-refractivity contribution is 7.13. The van der Waals surface area contributed by atoms with E-state index in [-0.39, 0.29) is 18.5 Å². The van der Waals surface area contributed by atoms with E-state index in [0.29, 0.717) is 6.54 Å². The molecule has 96 valence electrons. The van der Waals surface area contributed by atoms with E-state index < -0.39 is 0 Å². The van der Waals surface area contributed by atoms with Gasteiger partial charge in [0.05, 0.1) is 12.3 Å². The first-order valence-corrected chi connectivity index (χ1v) is 6.61. The summed E-state index contributed by atoms with van der Waals surface area (Å²) < 4.78 is 12.8. The van der Waals surface area contributed by atoms with Gasteiger partial charge in [-0.3, -0.25) is 0 Å². The summed E-state index contributed by atoms with van der Waals surface area (Å²) >= 11 is 1.53. The maximum absolute atomic E-state index is 12.8. The summed E-state index contributed by atoms with van der Waals surface area (Å²) in [5.41, 5.74) is 1.85. The lowest BCUT2D eigenvalue weighted by molar-refractivity contribution is 0.250. The second-order valence-corrected chi connectivity index (χ2v) is 4.97. The smallest absolute Gasteiger partial charge is 0.123 e. The highest BCUT2D eigenvalue weighted by atomic mass is 32.1. The number of rotatable bonds is 5. The van der Waals surface area contributed by atoms with E-state index in [0.717, 1.165) is 16.3 Å². The van der Waals surface area contributed by atoms with Crippen molar-refractivity contribution in [2.75, 3.05) is 6.61 Å². The molecule has 0 spiro atoms. The highest BCUT2D eigenvalue weighted by Crippen LogP contribution is 2.23. The summed E-state index contributed by atoms with van der Waals surface area (Å²) in [5, 5.41) is 14.9. The van der Waals surface area contributed by atoms with Crippen molar-refractivity contribution in [2.24, 2.45) is 0 Å². The van der Waals surface area contributed by atoms with Gasteiger partial charge in [0, 0.05) is 23.5 Å². The molecule has 0 aliphatic carbocycles. The number of aliphatic hydroxyl groups is 1. The number of thiazole rings is 1. The zero-order chi connectivity index (χ0) is 13.0. The molecule has 1 heterocycles. The molecule has 0 amide bonds. The molecule has 3 nitrogen and oxygen atoms in total. The summed E-state index contributed by atoms with van der Waals surface area (Å²) in [6.45, 7) is 2.64. The average molecular weight is 266 g/mol. The largest absolute Gasteiger partial charge is 0.395 e. The van der Waals surface area contributed by atoms with Gasteiger partial charge in [-0.1, -0.05) is 0 Å². The fourth-order valence-corrected chi connectivity index (χ4v) is 2.28. The summed E-state index contributed by atoms with van der Waals surface area (Å²) in [4.78, 5) is 4.47. The Morgan fingerprint density at radius 2 is 2.11 bits per heavy atom. The number of aromatic nitrogens is 1. The summed E-state index contributed by atoms with van der Waals surface area (Å²) in [7, 11) is 0. The van der Waals surface area contributed by atoms with Crippen LogP contribution in [0.1, 0.15) is 12.6 Å². The van der Waals surface area contributed by atoms with Crippen LogP contribution >= 0.6 is 11.3 Å². The molecule has 1 atom stereocenters. The zero-order valence-electron chi connectivity index (χ0n) is 10.1. The van der Waals surface area contributed by atoms with E-state index in [4.69, 9.17) is 5.11 Å². The Kier molecular flexibility index (Phi) is 4.41. The molecular formula is C13H15FN2OS. The Morgan fingerprint density at radius 1 is 1.39 bits per heavy atom. The molecule has 18 heavy (non-hydrogen) atoms. The zero-order valence-corrected chi connectivity index (χ0v) is 10.9. The van der Waals surface area contributed by atoms with Gasteiger partial charge in [-0.05, 0) is 31.2 Å². The Morgan fingerprint density at radius 3 is 2.78 bits per heavy atom. The van der Waals surface area contributed by atoms with Crippen LogP contribution < -0.4 is 5.32 Å². The fraction of sp³-hybridized carbons (Fsp3) is 0.308. The van der Waals surface area contributed by atoms with Crippen molar-refractivity contribution in [3.8, 4) is 10.6 Å². The minimum Gasteiger partial charge on any atom is -0.395 e. The number of halogens is 1. The van der Waals surface area contributed by atoms with Gasteiger partial charge in [0.1, 0.15) is 10.8 Å². The lowest BCUT2D eigenvalue weighted by Gasteiger charge is -2.08. The first-order chi connectivity index (χ1) is 8.69. The monoisotopic (exact) mass is 266 g/mol. The first kappa shape index (κ1) is 13.1. The third kappa shape index (κ3) is 3.35. The quantitative estimate of drug-likeness (QED) is 0.873. The van der Waals surface area contributed by atoms with Crippen LogP contribution in [0.25, 0.3) is 10.6 Å². The Bertz CT molecular complexity index is 498. The standard InChI is InChI=1S/C13H15FN2OS/c1-9(7-17)15-6-12-8-18-13(16-12)10-2-4-11(14)5-3-10/h2-5,8-9,15,17H,6-7H2,1H3/t9-/m1/s1. The van der Waals surface area contributed by atoms with E-state index in [9.17, 15) is 4.39 Å². The first-order valence-electron chi connectivity index (χ1n) is 5.73. The predicted molar refractivity (Wildman–Crippen MR) is 70.9 cm³/mol. The molecule has 5 heteroatoms. The molecular weight excluding hydrogens is 251 g/mol. The number of benzene rings is 1. The molecule has 0 radical (unpaired) electrons. The molecule has 0 unspecified atom stereocenters. The lowest BCUT2D eigenvalue weighted by atomic mass is 10.2. The van der Waals surface area contributed by atoms with Crippen LogP contribution in [-0.4, -0.2) is 22.7 Å². The molecule has 0 bridgehead atoms. The van der Waals surface area contributed by atoms with Crippen molar-refractivity contribution in [3.05, 3.63) is 41.2 Å². The van der Waals surface area contributed by atoms with E-state index in [1.54, 1.807) is 12.1 Å². The summed E-state index contributed by atoms with van der Waals surface area (Å²) in [5.74, 6) is -0.242. The normalized spacial score (nSPS) is 12.6. The lowest BCUT2D eigenvalue weighted by Crippen LogP contribution is -2.28. The molecule has 0 aliphatic heterocycles. The van der Waals surface area contributed by atoms with Gasteiger partial charge in [0.2, 0.25) is 0 Å². The van der Waals surface area contributed by atoms with E-state index in [2.05, 4.69) is 10.3 Å². The fourth-order valence-electron chi connectivity index (χ4n) is 1.46. The second kappa shape index (κ2) is 6.04. The summed E-state index contributed by atoms with van der Waals surface area (Å²) in [6.07, 6.45) is 0. The van der Waals surface area contributed by atoms with Gasteiger partial charge in [0.15, 0.2) is 0 Å². The molecule has 1 aromatic heterocycles. The maximum Gasteiger partial charge on any atom is 0.123 e. The van der Waals surface area contributed by atoms with Crippen LogP contribution in [0.2, 0.25) is 0 Å². The van der Waals surface area contributed by atoms with Crippen LogP contribution in [0.4, 0.5) is 4.39 Å². The summed E-state index contributed by atoms with van der Waals surface area (Å²) in [6, 6.07) is 6.37. The number of nitrogens with zero attached hydrogens (tertiary/aromatic N) is 1. The Labute approximate surface area is 109 Å². The predicted octanol–water partition coefficient (Wildman–Crippen LogP) is 2.42. The molecule has 2 aromatic rings. The van der Waals surface area contributed by atoms with E-state index in [1.165, 1.54) is 23.5 Å². The average Bonchev–Trinajstić information content (AvgIpc) is 2.85. The third-order valence-corrected chi connectivity index (χ3v) is 3.49. The van der Waals surface area contributed by atoms with Crippen molar-refractivity contribution in [1.29, 1.82) is 0 Å². The van der Waals surface area contributed by atoms with Gasteiger partial charge < -0.3 is 10.4 Å². The Balaban J connectivity index is 2.03. The molecule has 0 fully saturated rings. The number of hydrogen-bond acceptors (Lipinski definition) is 4. The van der Waals surface area contributed by atoms with Crippen molar-refractivity contribution >= 4 is 11.3 Å². The molecule has 2 rings (SSSR count). The SMILES string of the molecule is C[C@H](CO)NCc1csc(-c2ccc(F)cc2)n1. The molecule has 1 aromatic carbocycles. The van der Waals surface area contributed by atoms with Crippen LogP contribution in [0.3, 0.4) is 0 Å². The van der Waals surface area contributed by atoms with Crippen molar-refractivity contribution in [2.45, 2.75) is 19.5 Å². The number of aliphatic hydroxyl groups excluding tert-OH is 1. The van der Waals surface area contributed by atoms with Crippen molar-refractivity contribution in [3.63, 3.8) is 0 Å². The van der Waals surface area contributed by atoms with Crippen LogP contribution in [-0.2, 0) is 6.54 Å². The van der Waals surface area contributed by atoms with Crippen molar-refractivity contribution in [1.82, 2.24) is 10.3 Å². The molecule has 2 N–H and O–H groups in total. The highest BCUT2D eigenvalue weighted by Gasteiger charge is 2.06. The molecule has 0 saturated heterocycles. The minimum atomic E-state index is -0.242.